The molecule has 1 aliphatic heterocycles. The summed E-state index contributed by atoms with van der Waals surface area (Å²) in [5.41, 5.74) is 4.37. The molecular weight excluding hydrogens is 182 g/mol. The van der Waals surface area contributed by atoms with Gasteiger partial charge in [-0.2, -0.15) is 0 Å². The van der Waals surface area contributed by atoms with Crippen LogP contribution in [0.4, 0.5) is 0 Å². The SMILES string of the molecule is CC1CN=Cc2cc(C(C)(C)C)ccc21. The zero-order chi connectivity index (χ0) is 11.1. The van der Waals surface area contributed by atoms with Crippen LogP contribution in [0.2, 0.25) is 0 Å². The lowest BCUT2D eigenvalue weighted by molar-refractivity contribution is 0.589. The molecule has 0 bridgehead atoms. The molecule has 1 atom stereocenters. The molecule has 0 radical (unpaired) electrons. The quantitative estimate of drug-likeness (QED) is 0.609. The molecule has 80 valence electrons. The summed E-state index contributed by atoms with van der Waals surface area (Å²) in [5, 5.41) is 0. The van der Waals surface area contributed by atoms with Crippen molar-refractivity contribution in [3.05, 3.63) is 34.9 Å². The van der Waals surface area contributed by atoms with Gasteiger partial charge in [-0.05, 0) is 28.2 Å². The molecule has 0 N–H and O–H groups in total. The normalized spacial score (nSPS) is 20.1. The maximum atomic E-state index is 4.40. The Hall–Kier alpha value is -1.11. The van der Waals surface area contributed by atoms with Crippen LogP contribution >= 0.6 is 0 Å². The maximum absolute atomic E-state index is 4.40. The van der Waals surface area contributed by atoms with Crippen molar-refractivity contribution in [2.24, 2.45) is 4.99 Å². The Labute approximate surface area is 92.2 Å². The van der Waals surface area contributed by atoms with Crippen LogP contribution in [0.1, 0.15) is 50.3 Å². The van der Waals surface area contributed by atoms with Gasteiger partial charge in [0.05, 0.1) is 0 Å². The lowest BCUT2D eigenvalue weighted by atomic mass is 9.83. The first-order valence-corrected chi connectivity index (χ1v) is 5.63. The molecular formula is C14H19N. The molecule has 1 aliphatic rings. The van der Waals surface area contributed by atoms with Crippen molar-refractivity contribution in [3.8, 4) is 0 Å². The maximum Gasteiger partial charge on any atom is 0.0455 e. The zero-order valence-electron chi connectivity index (χ0n) is 10.0. The second-order valence-corrected chi connectivity index (χ2v) is 5.49. The molecule has 0 amide bonds. The van der Waals surface area contributed by atoms with Crippen molar-refractivity contribution in [1.82, 2.24) is 0 Å². The average Bonchev–Trinajstić information content (AvgIpc) is 2.16. The Bertz CT molecular complexity index is 396. The first-order chi connectivity index (χ1) is 6.98. The van der Waals surface area contributed by atoms with Gasteiger partial charge in [0.25, 0.3) is 0 Å². The van der Waals surface area contributed by atoms with Gasteiger partial charge in [0.15, 0.2) is 0 Å². The zero-order valence-corrected chi connectivity index (χ0v) is 10.0. The predicted octanol–water partition coefficient (Wildman–Crippen LogP) is 3.52. The van der Waals surface area contributed by atoms with Crippen LogP contribution in [-0.4, -0.2) is 12.8 Å². The molecule has 0 spiro atoms. The smallest absolute Gasteiger partial charge is 0.0455 e. The number of benzene rings is 1. The van der Waals surface area contributed by atoms with Crippen molar-refractivity contribution in [2.75, 3.05) is 6.54 Å². The molecule has 15 heavy (non-hydrogen) atoms. The Morgan fingerprint density at radius 2 is 2.00 bits per heavy atom. The molecule has 0 saturated carbocycles. The summed E-state index contributed by atoms with van der Waals surface area (Å²) in [7, 11) is 0. The first-order valence-electron chi connectivity index (χ1n) is 5.63. The monoisotopic (exact) mass is 201 g/mol. The highest BCUT2D eigenvalue weighted by Gasteiger charge is 2.18. The molecule has 0 aliphatic carbocycles. The fourth-order valence-electron chi connectivity index (χ4n) is 2.01. The molecule has 1 aromatic carbocycles. The van der Waals surface area contributed by atoms with E-state index in [0.29, 0.717) is 5.92 Å². The highest BCUT2D eigenvalue weighted by Crippen LogP contribution is 2.28. The third-order valence-corrected chi connectivity index (χ3v) is 3.09. The molecule has 1 heterocycles. The fraction of sp³-hybridized carbons (Fsp3) is 0.500. The van der Waals surface area contributed by atoms with Gasteiger partial charge in [0.2, 0.25) is 0 Å². The van der Waals surface area contributed by atoms with Crippen LogP contribution < -0.4 is 0 Å². The minimum atomic E-state index is 0.226. The van der Waals surface area contributed by atoms with Gasteiger partial charge in [0.1, 0.15) is 0 Å². The van der Waals surface area contributed by atoms with Crippen LogP contribution in [0, 0.1) is 0 Å². The highest BCUT2D eigenvalue weighted by atomic mass is 14.7. The largest absolute Gasteiger partial charge is 0.292 e. The second kappa shape index (κ2) is 3.48. The van der Waals surface area contributed by atoms with Gasteiger partial charge in [-0.25, -0.2) is 0 Å². The number of hydrogen-bond acceptors (Lipinski definition) is 1. The highest BCUT2D eigenvalue weighted by molar-refractivity contribution is 5.83. The summed E-state index contributed by atoms with van der Waals surface area (Å²) in [5.74, 6) is 0.569. The van der Waals surface area contributed by atoms with E-state index >= 15 is 0 Å². The van der Waals surface area contributed by atoms with Gasteiger partial charge in [-0.15, -0.1) is 0 Å². The number of fused-ring (bicyclic) bond motifs is 1. The van der Waals surface area contributed by atoms with Crippen molar-refractivity contribution in [3.63, 3.8) is 0 Å². The Kier molecular flexibility index (Phi) is 2.41. The number of aliphatic imine (C=N–C) groups is 1. The minimum absolute atomic E-state index is 0.226. The molecule has 0 fully saturated rings. The Morgan fingerprint density at radius 1 is 1.27 bits per heavy atom. The summed E-state index contributed by atoms with van der Waals surface area (Å²) in [4.78, 5) is 4.40. The molecule has 1 aromatic rings. The van der Waals surface area contributed by atoms with E-state index in [4.69, 9.17) is 0 Å². The molecule has 0 aromatic heterocycles. The van der Waals surface area contributed by atoms with E-state index in [1.807, 2.05) is 6.21 Å². The van der Waals surface area contributed by atoms with Gasteiger partial charge >= 0.3 is 0 Å². The van der Waals surface area contributed by atoms with E-state index in [9.17, 15) is 0 Å². The van der Waals surface area contributed by atoms with E-state index in [1.165, 1.54) is 16.7 Å². The summed E-state index contributed by atoms with van der Waals surface area (Å²) in [6.07, 6.45) is 2.02. The van der Waals surface area contributed by atoms with Gasteiger partial charge in [-0.3, -0.25) is 4.99 Å². The molecule has 2 rings (SSSR count). The van der Waals surface area contributed by atoms with E-state index in [-0.39, 0.29) is 5.41 Å². The predicted molar refractivity (Wildman–Crippen MR) is 66.0 cm³/mol. The van der Waals surface area contributed by atoms with Gasteiger partial charge in [-0.1, -0.05) is 39.8 Å². The fourth-order valence-corrected chi connectivity index (χ4v) is 2.01. The summed E-state index contributed by atoms with van der Waals surface area (Å²) < 4.78 is 0. The van der Waals surface area contributed by atoms with Crippen molar-refractivity contribution < 1.29 is 0 Å². The van der Waals surface area contributed by atoms with Crippen LogP contribution in [0.15, 0.2) is 23.2 Å². The van der Waals surface area contributed by atoms with Crippen LogP contribution in [0.5, 0.6) is 0 Å². The van der Waals surface area contributed by atoms with E-state index in [2.05, 4.69) is 50.9 Å². The lowest BCUT2D eigenvalue weighted by Gasteiger charge is -2.23. The third kappa shape index (κ3) is 1.97. The summed E-state index contributed by atoms with van der Waals surface area (Å²) >= 11 is 0. The summed E-state index contributed by atoms with van der Waals surface area (Å²) in [6.45, 7) is 9.92. The number of rotatable bonds is 0. The van der Waals surface area contributed by atoms with Crippen LogP contribution in [0.3, 0.4) is 0 Å². The number of nitrogens with zero attached hydrogens (tertiary/aromatic N) is 1. The minimum Gasteiger partial charge on any atom is -0.292 e. The molecule has 1 nitrogen and oxygen atoms in total. The molecule has 1 unspecified atom stereocenters. The van der Waals surface area contributed by atoms with Crippen molar-refractivity contribution >= 4 is 6.21 Å². The van der Waals surface area contributed by atoms with E-state index in [1.54, 1.807) is 0 Å². The summed E-state index contributed by atoms with van der Waals surface area (Å²) in [6, 6.07) is 6.81. The third-order valence-electron chi connectivity index (χ3n) is 3.09. The van der Waals surface area contributed by atoms with Crippen molar-refractivity contribution in [2.45, 2.75) is 39.0 Å². The first kappa shape index (κ1) is 10.4. The Morgan fingerprint density at radius 3 is 2.67 bits per heavy atom. The molecule has 1 heteroatoms. The van der Waals surface area contributed by atoms with Gasteiger partial charge in [0, 0.05) is 18.7 Å². The van der Waals surface area contributed by atoms with Crippen LogP contribution in [0.25, 0.3) is 0 Å². The topological polar surface area (TPSA) is 12.4 Å². The average molecular weight is 201 g/mol. The van der Waals surface area contributed by atoms with E-state index in [0.717, 1.165) is 6.54 Å². The van der Waals surface area contributed by atoms with Crippen molar-refractivity contribution in [1.29, 1.82) is 0 Å². The van der Waals surface area contributed by atoms with Crippen LogP contribution in [-0.2, 0) is 5.41 Å². The molecule has 0 saturated heterocycles. The number of hydrogen-bond donors (Lipinski definition) is 0. The lowest BCUT2D eigenvalue weighted by Crippen LogP contribution is -2.14. The Balaban J connectivity index is 2.48. The van der Waals surface area contributed by atoms with E-state index < -0.39 is 0 Å². The standard InChI is InChI=1S/C14H19N/c1-10-8-15-9-11-7-12(14(2,3)4)5-6-13(10)11/h5-7,9-10H,8H2,1-4H3. The van der Waals surface area contributed by atoms with Gasteiger partial charge < -0.3 is 0 Å². The second-order valence-electron chi connectivity index (χ2n) is 5.49.